The third kappa shape index (κ3) is 9.48. The number of benzene rings is 4. The summed E-state index contributed by atoms with van der Waals surface area (Å²) >= 11 is 1.90. The molecule has 13 nitrogen and oxygen atoms in total. The Morgan fingerprint density at radius 2 is 1.35 bits per heavy atom. The molecule has 3 amide bonds. The van der Waals surface area contributed by atoms with Gasteiger partial charge in [-0.05, 0) is 33.2 Å². The van der Waals surface area contributed by atoms with Gasteiger partial charge in [-0.3, -0.25) is 14.4 Å². The van der Waals surface area contributed by atoms with Crippen LogP contribution in [0.2, 0.25) is 0 Å². The number of anilines is 1. The average molecular weight is 850 g/mol. The van der Waals surface area contributed by atoms with E-state index in [1.807, 2.05) is 12.1 Å². The highest BCUT2D eigenvalue weighted by Gasteiger charge is 2.56. The Morgan fingerprint density at radius 1 is 0.817 bits per heavy atom. The number of β-lactam (4-membered cyclic amide) rings is 1. The van der Waals surface area contributed by atoms with Crippen molar-refractivity contribution in [2.24, 2.45) is 5.16 Å². The Hall–Kier alpha value is -6.98. The van der Waals surface area contributed by atoms with E-state index < -0.39 is 71.8 Å². The van der Waals surface area contributed by atoms with Gasteiger partial charge in [0.05, 0.1) is 0 Å². The molecule has 0 spiro atoms. The van der Waals surface area contributed by atoms with Crippen LogP contribution in [-0.2, 0) is 38.3 Å². The number of fused-ring (bicyclic) bond motifs is 1. The zero-order valence-corrected chi connectivity index (χ0v) is 32.8. The van der Waals surface area contributed by atoms with Gasteiger partial charge in [0, 0.05) is 11.5 Å². The van der Waals surface area contributed by atoms with Crippen molar-refractivity contribution in [3.63, 3.8) is 0 Å². The number of hydrogen-bond acceptors (Lipinski definition) is 12. The first-order valence-corrected chi connectivity index (χ1v) is 20.0. The van der Waals surface area contributed by atoms with Crippen molar-refractivity contribution < 1.29 is 47.1 Å². The van der Waals surface area contributed by atoms with Crippen molar-refractivity contribution in [3.05, 3.63) is 178 Å². The highest BCUT2D eigenvalue weighted by molar-refractivity contribution is 8.03. The first kappa shape index (κ1) is 41.2. The molecule has 2 aliphatic rings. The number of halogens is 2. The number of esters is 2. The van der Waals surface area contributed by atoms with E-state index in [0.29, 0.717) is 34.7 Å². The summed E-state index contributed by atoms with van der Waals surface area (Å²) < 4.78 is 39.2. The minimum absolute atomic E-state index is 0.0679. The first-order chi connectivity index (χ1) is 29.2. The predicted octanol–water partition coefficient (Wildman–Crippen LogP) is 6.53. The number of nitrogens with one attached hydrogen (secondary N) is 2. The van der Waals surface area contributed by atoms with Crippen molar-refractivity contribution in [1.82, 2.24) is 15.2 Å². The molecule has 4 aromatic carbocycles. The van der Waals surface area contributed by atoms with E-state index in [0.717, 1.165) is 28.0 Å². The van der Waals surface area contributed by atoms with Gasteiger partial charge in [0.2, 0.25) is 18.9 Å². The van der Waals surface area contributed by atoms with Gasteiger partial charge in [0.25, 0.3) is 12.0 Å². The number of carbonyl (C=O) groups is 5. The van der Waals surface area contributed by atoms with Crippen LogP contribution in [0.3, 0.4) is 0 Å². The van der Waals surface area contributed by atoms with E-state index >= 15 is 0 Å². The molecule has 1 fully saturated rings. The number of carbonyl (C=O) groups excluding carboxylic acids is 5. The van der Waals surface area contributed by atoms with E-state index in [2.05, 4.69) is 20.8 Å². The summed E-state index contributed by atoms with van der Waals surface area (Å²) in [6, 6.07) is 32.9. The maximum atomic E-state index is 14.0. The van der Waals surface area contributed by atoms with Crippen molar-refractivity contribution in [2.75, 3.05) is 11.9 Å². The first-order valence-electron chi connectivity index (χ1n) is 18.2. The summed E-state index contributed by atoms with van der Waals surface area (Å²) in [4.78, 5) is 76.5. The largest absolute Gasteiger partial charge is 0.451 e. The number of thiazole rings is 1. The Kier molecular flexibility index (Phi) is 13.2. The molecule has 0 aliphatic carbocycles. The second-order valence-electron chi connectivity index (χ2n) is 13.0. The van der Waals surface area contributed by atoms with Crippen molar-refractivity contribution in [1.29, 1.82) is 0 Å². The summed E-state index contributed by atoms with van der Waals surface area (Å²) in [7, 11) is 0. The lowest BCUT2D eigenvalue weighted by atomic mass is 9.97. The number of aromatic nitrogens is 1. The molecule has 0 saturated carbocycles. The summed E-state index contributed by atoms with van der Waals surface area (Å²) in [5.41, 5.74) is 1.92. The molecule has 17 heteroatoms. The van der Waals surface area contributed by atoms with Crippen LogP contribution < -0.4 is 10.6 Å². The molecule has 1 saturated heterocycles. The number of hydrogen-bond donors (Lipinski definition) is 2. The lowest BCUT2D eigenvalue weighted by Crippen LogP contribution is -2.74. The summed E-state index contributed by atoms with van der Waals surface area (Å²) in [5.74, 6) is -3.52. The smallest absolute Gasteiger partial charge is 0.347 e. The summed E-state index contributed by atoms with van der Waals surface area (Å²) in [5, 5.41) is 10.7. The van der Waals surface area contributed by atoms with Crippen LogP contribution in [0.4, 0.5) is 13.9 Å². The quantitative estimate of drug-likeness (QED) is 0.0367. The molecule has 7 rings (SSSR count). The van der Waals surface area contributed by atoms with Crippen LogP contribution in [0.1, 0.15) is 40.2 Å². The number of oxime groups is 1. The molecule has 0 bridgehead atoms. The normalized spacial score (nSPS) is 17.1. The van der Waals surface area contributed by atoms with Crippen LogP contribution >= 0.6 is 23.1 Å². The Morgan fingerprint density at radius 3 is 1.87 bits per heavy atom. The summed E-state index contributed by atoms with van der Waals surface area (Å²) in [6.07, 6.45) is -2.92. The van der Waals surface area contributed by atoms with Crippen LogP contribution in [0.15, 0.2) is 155 Å². The fourth-order valence-electron chi connectivity index (χ4n) is 6.48. The molecule has 1 aromatic heterocycles. The second-order valence-corrected chi connectivity index (χ2v) is 14.9. The third-order valence-electron chi connectivity index (χ3n) is 9.18. The fraction of sp³-hybridized carbons (Fsp3) is 0.140. The fourth-order valence-corrected chi connectivity index (χ4v) is 8.32. The number of thioether (sulfide) groups is 1. The van der Waals surface area contributed by atoms with Crippen LogP contribution in [0.25, 0.3) is 0 Å². The van der Waals surface area contributed by atoms with Crippen LogP contribution in [0, 0.1) is 0 Å². The topological polar surface area (TPSA) is 166 Å². The van der Waals surface area contributed by atoms with Gasteiger partial charge in [-0.25, -0.2) is 14.6 Å². The molecule has 2 unspecified atom stereocenters. The zero-order chi connectivity index (χ0) is 42.0. The molecule has 3 atom stereocenters. The predicted molar refractivity (Wildman–Crippen MR) is 218 cm³/mol. The Balaban J connectivity index is 1.09. The maximum Gasteiger partial charge on any atom is 0.347 e. The van der Waals surface area contributed by atoms with Gasteiger partial charge in [-0.15, -0.1) is 23.1 Å². The van der Waals surface area contributed by atoms with Gasteiger partial charge in [0.1, 0.15) is 17.1 Å². The number of amides is 3. The van der Waals surface area contributed by atoms with Crippen molar-refractivity contribution in [3.8, 4) is 0 Å². The monoisotopic (exact) mass is 849 g/mol. The Labute approximate surface area is 349 Å². The van der Waals surface area contributed by atoms with Crippen LogP contribution in [-0.4, -0.2) is 69.8 Å². The number of rotatable bonds is 16. The van der Waals surface area contributed by atoms with E-state index in [9.17, 15) is 32.8 Å². The lowest BCUT2D eigenvalue weighted by Gasteiger charge is -2.51. The van der Waals surface area contributed by atoms with Gasteiger partial charge in [-0.2, -0.15) is 8.78 Å². The minimum Gasteiger partial charge on any atom is -0.451 e. The molecular weight excluding hydrogens is 817 g/mol. The highest BCUT2D eigenvalue weighted by Crippen LogP contribution is 2.42. The van der Waals surface area contributed by atoms with E-state index in [1.54, 1.807) is 109 Å². The third-order valence-corrected chi connectivity index (χ3v) is 11.1. The molecule has 60 heavy (non-hydrogen) atoms. The molecule has 0 radical (unpaired) electrons. The molecule has 5 aromatic rings. The lowest BCUT2D eigenvalue weighted by molar-refractivity contribution is -0.165. The number of nitrogens with zero attached hydrogens (tertiary/aromatic N) is 3. The summed E-state index contributed by atoms with van der Waals surface area (Å²) in [6.45, 7) is -0.728. The second kappa shape index (κ2) is 19.2. The van der Waals surface area contributed by atoms with Gasteiger partial charge in [-0.1, -0.05) is 126 Å². The van der Waals surface area contributed by atoms with Gasteiger partial charge < -0.3 is 29.8 Å². The SMILES string of the molecule is O=CNc1nc(C(=NOCC(=O)OC(c2ccccc2)c2ccccc2)C(=O)NC2C(=O)N3C(C(=O)OC(c4ccccc4)c4ccccc4)C(C=C(F)F)=CS[C@@H]23)cs1. The molecular formula is C43H33F2N5O8S2. The van der Waals surface area contributed by atoms with Crippen LogP contribution in [0.5, 0.6) is 0 Å². The Bertz CT molecular complexity index is 2360. The molecule has 3 heterocycles. The minimum atomic E-state index is -2.09. The average Bonchev–Trinajstić information content (AvgIpc) is 3.74. The molecule has 304 valence electrons. The van der Waals surface area contributed by atoms with Crippen molar-refractivity contribution >= 4 is 64.1 Å². The highest BCUT2D eigenvalue weighted by atomic mass is 32.2. The molecule has 2 aliphatic heterocycles. The zero-order valence-electron chi connectivity index (χ0n) is 31.1. The molecule has 2 N–H and O–H groups in total. The van der Waals surface area contributed by atoms with Gasteiger partial charge >= 0.3 is 11.9 Å². The van der Waals surface area contributed by atoms with E-state index in [-0.39, 0.29) is 16.4 Å². The van der Waals surface area contributed by atoms with Crippen molar-refractivity contribution in [2.45, 2.75) is 29.7 Å². The maximum absolute atomic E-state index is 14.0. The standard InChI is InChI=1S/C43H33F2N5O8S2/c44-32(45)21-30-23-59-41-35(40(54)50(41)36(30)42(55)58-38(28-17-9-3-10-18-28)29-19-11-4-12-20-29)48-39(53)34(31-24-60-43(47-31)46-25-51)49-56-22-33(52)57-37(26-13-5-1-6-14-26)27-15-7-2-8-16-27/h1-21,23-25,35-38,41H,22H2,(H,48,53)(H,46,47,51)/t35?,36?,41-/m0/s1. The van der Waals surface area contributed by atoms with E-state index in [1.165, 1.54) is 10.8 Å². The van der Waals surface area contributed by atoms with Gasteiger partial charge in [0.15, 0.2) is 29.1 Å². The number of ether oxygens (including phenoxy) is 2. The van der Waals surface area contributed by atoms with E-state index in [4.69, 9.17) is 14.3 Å².